The van der Waals surface area contributed by atoms with E-state index in [1.165, 1.54) is 0 Å². The fraction of sp³-hybridized carbons (Fsp3) is 0.143. The van der Waals surface area contributed by atoms with Crippen molar-refractivity contribution in [3.63, 3.8) is 0 Å². The predicted octanol–water partition coefficient (Wildman–Crippen LogP) is 5.72. The zero-order valence-corrected chi connectivity index (χ0v) is 16.6. The fourth-order valence-electron chi connectivity index (χ4n) is 5.58. The smallest absolute Gasteiger partial charge is 0.210 e. The van der Waals surface area contributed by atoms with Gasteiger partial charge in [-0.05, 0) is 39.0 Å². The summed E-state index contributed by atoms with van der Waals surface area (Å²) in [5.74, 6) is -1.43. The third-order valence-corrected chi connectivity index (χ3v) is 6.99. The Hall–Kier alpha value is -3.52. The number of rotatable bonds is 2. The van der Waals surface area contributed by atoms with Gasteiger partial charge in [0.25, 0.3) is 0 Å². The van der Waals surface area contributed by atoms with Crippen LogP contribution in [0.25, 0.3) is 16.7 Å². The minimum atomic E-state index is -0.468. The van der Waals surface area contributed by atoms with Gasteiger partial charge in [0.15, 0.2) is 0 Å². The lowest BCUT2D eigenvalue weighted by Gasteiger charge is -2.48. The van der Waals surface area contributed by atoms with Crippen LogP contribution in [0, 0.1) is 5.41 Å². The standard InChI is InChI=1S/C28H20O2/c1-28-16-20(18-10-6-3-7-11-18)15-23(28)24-21-13-12-19(17-8-4-2-5-9-17)14-22(21)25(28)27(30)26(24)29/h2-16,24-25H,1H3. The SMILES string of the molecule is CC12C=C(c3ccccc3)C=C1C1C(=O)C(=O)C2c2cc(-c3ccccc3)ccc21. The van der Waals surface area contributed by atoms with Gasteiger partial charge in [0.2, 0.25) is 11.6 Å². The van der Waals surface area contributed by atoms with Gasteiger partial charge in [0, 0.05) is 5.41 Å². The first kappa shape index (κ1) is 17.3. The second-order valence-corrected chi connectivity index (χ2v) is 8.65. The molecular formula is C28H20O2. The Morgan fingerprint density at radius 2 is 1.37 bits per heavy atom. The van der Waals surface area contributed by atoms with E-state index in [1.54, 1.807) is 0 Å². The minimum absolute atomic E-state index is 0.247. The van der Waals surface area contributed by atoms with E-state index in [1.807, 2.05) is 36.4 Å². The molecule has 2 nitrogen and oxygen atoms in total. The molecule has 3 aromatic carbocycles. The van der Waals surface area contributed by atoms with Crippen LogP contribution in [0.1, 0.15) is 35.4 Å². The molecule has 3 atom stereocenters. The maximum Gasteiger partial charge on any atom is 0.210 e. The maximum atomic E-state index is 13.2. The third kappa shape index (κ3) is 2.19. The van der Waals surface area contributed by atoms with Crippen LogP contribution in [0.4, 0.5) is 0 Å². The maximum absolute atomic E-state index is 13.2. The first-order valence-corrected chi connectivity index (χ1v) is 10.4. The van der Waals surface area contributed by atoms with Gasteiger partial charge >= 0.3 is 0 Å². The summed E-state index contributed by atoms with van der Waals surface area (Å²) < 4.78 is 0. The largest absolute Gasteiger partial charge is 0.290 e. The third-order valence-electron chi connectivity index (χ3n) is 6.99. The predicted molar refractivity (Wildman–Crippen MR) is 118 cm³/mol. The van der Waals surface area contributed by atoms with Crippen molar-refractivity contribution in [2.24, 2.45) is 5.41 Å². The molecule has 0 heterocycles. The molecule has 0 aliphatic heterocycles. The van der Waals surface area contributed by atoms with Gasteiger partial charge in [-0.1, -0.05) is 97.9 Å². The van der Waals surface area contributed by atoms with Crippen LogP contribution in [0.15, 0.2) is 96.6 Å². The normalized spacial score (nSPS) is 26.2. The molecule has 1 saturated carbocycles. The van der Waals surface area contributed by atoms with Gasteiger partial charge in [0.05, 0.1) is 11.8 Å². The summed E-state index contributed by atoms with van der Waals surface area (Å²) >= 11 is 0. The molecule has 0 amide bonds. The van der Waals surface area contributed by atoms with Gasteiger partial charge in [0.1, 0.15) is 0 Å². The molecule has 2 heteroatoms. The van der Waals surface area contributed by atoms with Crippen molar-refractivity contribution in [3.05, 3.63) is 113 Å². The molecule has 0 radical (unpaired) electrons. The van der Waals surface area contributed by atoms with Crippen LogP contribution in [0.3, 0.4) is 0 Å². The molecule has 4 aliphatic rings. The quantitative estimate of drug-likeness (QED) is 0.527. The van der Waals surface area contributed by atoms with Gasteiger partial charge in [-0.25, -0.2) is 0 Å². The van der Waals surface area contributed by atoms with Crippen molar-refractivity contribution >= 4 is 17.1 Å². The molecule has 0 N–H and O–H groups in total. The summed E-state index contributed by atoms with van der Waals surface area (Å²) in [7, 11) is 0. The van der Waals surface area contributed by atoms with Crippen molar-refractivity contribution in [1.82, 2.24) is 0 Å². The summed E-state index contributed by atoms with van der Waals surface area (Å²) in [6, 6.07) is 26.6. The first-order chi connectivity index (χ1) is 14.6. The van der Waals surface area contributed by atoms with Gasteiger partial charge in [-0.3, -0.25) is 9.59 Å². The number of carbonyl (C=O) groups is 2. The Kier molecular flexibility index (Phi) is 3.47. The fourth-order valence-corrected chi connectivity index (χ4v) is 5.58. The molecule has 0 spiro atoms. The summed E-state index contributed by atoms with van der Waals surface area (Å²) in [5, 5.41) is 0. The van der Waals surface area contributed by atoms with Crippen LogP contribution in [0.5, 0.6) is 0 Å². The van der Waals surface area contributed by atoms with E-state index < -0.39 is 17.3 Å². The number of carbonyl (C=O) groups excluding carboxylic acids is 2. The molecule has 0 aromatic heterocycles. The number of allylic oxidation sites excluding steroid dienone is 4. The highest BCUT2D eigenvalue weighted by atomic mass is 16.2. The molecule has 3 aromatic rings. The van der Waals surface area contributed by atoms with Gasteiger partial charge in [-0.15, -0.1) is 0 Å². The van der Waals surface area contributed by atoms with E-state index in [9.17, 15) is 9.59 Å². The molecule has 4 aliphatic carbocycles. The van der Waals surface area contributed by atoms with Crippen LogP contribution in [-0.4, -0.2) is 11.6 Å². The molecule has 30 heavy (non-hydrogen) atoms. The Bertz CT molecular complexity index is 1280. The van der Waals surface area contributed by atoms with Crippen molar-refractivity contribution in [2.75, 3.05) is 0 Å². The highest BCUT2D eigenvalue weighted by molar-refractivity contribution is 6.44. The molecule has 144 valence electrons. The summed E-state index contributed by atoms with van der Waals surface area (Å²) in [6.45, 7) is 2.12. The van der Waals surface area contributed by atoms with Gasteiger partial charge in [-0.2, -0.15) is 0 Å². The van der Waals surface area contributed by atoms with Crippen LogP contribution in [0.2, 0.25) is 0 Å². The van der Waals surface area contributed by atoms with Crippen LogP contribution < -0.4 is 0 Å². The average molecular weight is 388 g/mol. The van der Waals surface area contributed by atoms with Crippen molar-refractivity contribution in [2.45, 2.75) is 18.8 Å². The van der Waals surface area contributed by atoms with Crippen molar-refractivity contribution in [3.8, 4) is 11.1 Å². The van der Waals surface area contributed by atoms with E-state index >= 15 is 0 Å². The monoisotopic (exact) mass is 388 g/mol. The van der Waals surface area contributed by atoms with Crippen LogP contribution >= 0.6 is 0 Å². The van der Waals surface area contributed by atoms with E-state index in [2.05, 4.69) is 61.5 Å². The lowest BCUT2D eigenvalue weighted by molar-refractivity contribution is -0.141. The average Bonchev–Trinajstić information content (AvgIpc) is 3.15. The molecular weight excluding hydrogens is 368 g/mol. The second kappa shape index (κ2) is 5.99. The number of hydrogen-bond donors (Lipinski definition) is 0. The number of benzene rings is 3. The zero-order chi connectivity index (χ0) is 20.5. The number of fused-ring (bicyclic) bond motifs is 1. The Labute approximate surface area is 175 Å². The number of hydrogen-bond acceptors (Lipinski definition) is 2. The molecule has 0 saturated heterocycles. The highest BCUT2D eigenvalue weighted by Gasteiger charge is 2.59. The lowest BCUT2D eigenvalue weighted by atomic mass is 9.52. The Morgan fingerprint density at radius 1 is 0.700 bits per heavy atom. The second-order valence-electron chi connectivity index (χ2n) is 8.65. The minimum Gasteiger partial charge on any atom is -0.290 e. The van der Waals surface area contributed by atoms with E-state index in [4.69, 9.17) is 0 Å². The molecule has 2 bridgehead atoms. The summed E-state index contributed by atoms with van der Waals surface area (Å²) in [4.78, 5) is 26.2. The number of ketones is 2. The highest BCUT2D eigenvalue weighted by Crippen LogP contribution is 2.63. The molecule has 1 fully saturated rings. The van der Waals surface area contributed by atoms with Gasteiger partial charge < -0.3 is 0 Å². The van der Waals surface area contributed by atoms with Crippen molar-refractivity contribution < 1.29 is 9.59 Å². The number of Topliss-reactive ketones (excluding diaryl/α,β-unsaturated/α-hetero) is 2. The summed E-state index contributed by atoms with van der Waals surface area (Å²) in [6.07, 6.45) is 4.35. The zero-order valence-electron chi connectivity index (χ0n) is 16.6. The topological polar surface area (TPSA) is 34.1 Å². The molecule has 3 unspecified atom stereocenters. The Morgan fingerprint density at radius 3 is 2.07 bits per heavy atom. The lowest BCUT2D eigenvalue weighted by Crippen LogP contribution is -2.49. The van der Waals surface area contributed by atoms with E-state index in [-0.39, 0.29) is 11.6 Å². The van der Waals surface area contributed by atoms with E-state index in [0.29, 0.717) is 0 Å². The van der Waals surface area contributed by atoms with E-state index in [0.717, 1.165) is 39.0 Å². The Balaban J connectivity index is 1.55. The summed E-state index contributed by atoms with van der Waals surface area (Å²) in [5.41, 5.74) is 7.04. The molecule has 7 rings (SSSR count). The van der Waals surface area contributed by atoms with Crippen LogP contribution in [-0.2, 0) is 9.59 Å². The first-order valence-electron chi connectivity index (χ1n) is 10.4. The van der Waals surface area contributed by atoms with Crippen molar-refractivity contribution in [1.29, 1.82) is 0 Å².